The van der Waals surface area contributed by atoms with E-state index in [9.17, 15) is 18.0 Å². The Bertz CT molecular complexity index is 1590. The lowest BCUT2D eigenvalue weighted by atomic mass is 10.0. The number of hydrogen-bond acceptors (Lipinski definition) is 5. The van der Waals surface area contributed by atoms with Crippen molar-refractivity contribution in [1.82, 2.24) is 20.1 Å². The van der Waals surface area contributed by atoms with Crippen LogP contribution in [-0.4, -0.2) is 44.6 Å². The molecular formula is C31H31F3N6O2S. The predicted octanol–water partition coefficient (Wildman–Crippen LogP) is 7.73. The molecule has 0 spiro atoms. The second-order valence-corrected chi connectivity index (χ2v) is 11.4. The molecule has 1 aliphatic heterocycles. The zero-order valence-corrected chi connectivity index (χ0v) is 24.7. The Morgan fingerprint density at radius 3 is 2.44 bits per heavy atom. The minimum absolute atomic E-state index is 0.293. The maximum atomic E-state index is 13.0. The number of carbonyl (C=O) groups excluding carboxylic acids is 1. The fourth-order valence-electron chi connectivity index (χ4n) is 4.73. The van der Waals surface area contributed by atoms with Gasteiger partial charge in [-0.2, -0.15) is 4.99 Å². The molecule has 1 N–H and O–H groups in total. The smallest absolute Gasteiger partial charge is 0.406 e. The number of thioether (sulfide) groups is 1. The second-order valence-electron chi connectivity index (χ2n) is 10.3. The molecule has 0 bridgehead atoms. The maximum absolute atomic E-state index is 13.0. The number of halogens is 3. The number of carbonyl (C=O) groups is 1. The van der Waals surface area contributed by atoms with Gasteiger partial charge < -0.3 is 15.0 Å². The van der Waals surface area contributed by atoms with Gasteiger partial charge in [0.15, 0.2) is 11.0 Å². The number of amides is 2. The summed E-state index contributed by atoms with van der Waals surface area (Å²) >= 11 is 1.59. The van der Waals surface area contributed by atoms with E-state index in [-0.39, 0.29) is 11.8 Å². The largest absolute Gasteiger partial charge is 0.573 e. The molecule has 2 heterocycles. The Kier molecular flexibility index (Phi) is 9.05. The number of anilines is 1. The quantitative estimate of drug-likeness (QED) is 0.231. The SMILES string of the molecule is CC(C)c1ccccc1N1CCCSC1=NC(=O)NC(C)c1ccc(-c2ncn(-c3ccc(OC(F)(F)F)cc3)n2)cc1. The van der Waals surface area contributed by atoms with Gasteiger partial charge in [0.25, 0.3) is 0 Å². The van der Waals surface area contributed by atoms with E-state index in [0.717, 1.165) is 35.5 Å². The van der Waals surface area contributed by atoms with Crippen molar-refractivity contribution < 1.29 is 22.7 Å². The van der Waals surface area contributed by atoms with Gasteiger partial charge in [0.2, 0.25) is 0 Å². The van der Waals surface area contributed by atoms with E-state index in [1.165, 1.54) is 40.8 Å². The molecule has 43 heavy (non-hydrogen) atoms. The average molecular weight is 609 g/mol. The summed E-state index contributed by atoms with van der Waals surface area (Å²) in [7, 11) is 0. The van der Waals surface area contributed by atoms with Gasteiger partial charge in [0, 0.05) is 23.5 Å². The van der Waals surface area contributed by atoms with Crippen molar-refractivity contribution >= 4 is 28.6 Å². The summed E-state index contributed by atoms with van der Waals surface area (Å²) in [6, 6.07) is 20.4. The van der Waals surface area contributed by atoms with E-state index in [1.807, 2.05) is 43.3 Å². The van der Waals surface area contributed by atoms with E-state index in [1.54, 1.807) is 11.8 Å². The Morgan fingerprint density at radius 2 is 1.74 bits per heavy atom. The predicted molar refractivity (Wildman–Crippen MR) is 163 cm³/mol. The van der Waals surface area contributed by atoms with Gasteiger partial charge in [-0.05, 0) is 60.7 Å². The first-order valence-corrected chi connectivity index (χ1v) is 14.8. The molecule has 5 rings (SSSR count). The third kappa shape index (κ3) is 7.56. The van der Waals surface area contributed by atoms with Gasteiger partial charge in [0.1, 0.15) is 12.1 Å². The Labute approximate surface area is 252 Å². The van der Waals surface area contributed by atoms with Crippen molar-refractivity contribution in [2.75, 3.05) is 17.2 Å². The summed E-state index contributed by atoms with van der Waals surface area (Å²) in [5, 5.41) is 8.11. The van der Waals surface area contributed by atoms with Gasteiger partial charge in [-0.3, -0.25) is 0 Å². The molecule has 2 amide bonds. The Balaban J connectivity index is 1.24. The van der Waals surface area contributed by atoms with Crippen molar-refractivity contribution in [1.29, 1.82) is 0 Å². The fraction of sp³-hybridized carbons (Fsp3) is 0.290. The van der Waals surface area contributed by atoms with Crippen LogP contribution in [0.15, 0.2) is 84.1 Å². The van der Waals surface area contributed by atoms with E-state index in [0.29, 0.717) is 22.6 Å². The third-order valence-corrected chi connectivity index (χ3v) is 7.93. The maximum Gasteiger partial charge on any atom is 0.573 e. The highest BCUT2D eigenvalue weighted by Crippen LogP contribution is 2.32. The fourth-order valence-corrected chi connectivity index (χ4v) is 5.68. The molecule has 12 heteroatoms. The minimum atomic E-state index is -4.75. The van der Waals surface area contributed by atoms with Crippen LogP contribution in [0.3, 0.4) is 0 Å². The van der Waals surface area contributed by atoms with E-state index in [4.69, 9.17) is 0 Å². The number of urea groups is 1. The van der Waals surface area contributed by atoms with Crippen molar-refractivity contribution in [3.8, 4) is 22.8 Å². The van der Waals surface area contributed by atoms with Crippen LogP contribution in [0, 0.1) is 0 Å². The van der Waals surface area contributed by atoms with Crippen molar-refractivity contribution in [3.05, 3.63) is 90.3 Å². The molecular weight excluding hydrogens is 577 g/mol. The number of aromatic nitrogens is 3. The molecule has 1 saturated heterocycles. The van der Waals surface area contributed by atoms with Crippen molar-refractivity contribution in [2.24, 2.45) is 4.99 Å². The lowest BCUT2D eigenvalue weighted by Crippen LogP contribution is -2.36. The normalized spacial score (nSPS) is 15.5. The van der Waals surface area contributed by atoms with Crippen LogP contribution < -0.4 is 15.0 Å². The summed E-state index contributed by atoms with van der Waals surface area (Å²) < 4.78 is 42.6. The molecule has 3 aromatic carbocycles. The molecule has 4 aromatic rings. The molecule has 0 aliphatic carbocycles. The third-order valence-electron chi connectivity index (χ3n) is 6.87. The lowest BCUT2D eigenvalue weighted by Gasteiger charge is -2.32. The lowest BCUT2D eigenvalue weighted by molar-refractivity contribution is -0.274. The number of hydrogen-bond donors (Lipinski definition) is 1. The zero-order chi connectivity index (χ0) is 30.6. The Hall–Kier alpha value is -4.32. The highest BCUT2D eigenvalue weighted by atomic mass is 32.2. The average Bonchev–Trinajstić information content (AvgIpc) is 3.47. The van der Waals surface area contributed by atoms with Crippen LogP contribution in [0.1, 0.15) is 50.3 Å². The van der Waals surface area contributed by atoms with Crippen LogP contribution >= 0.6 is 11.8 Å². The van der Waals surface area contributed by atoms with Crippen LogP contribution in [0.4, 0.5) is 23.7 Å². The van der Waals surface area contributed by atoms with Gasteiger partial charge in [-0.15, -0.1) is 18.3 Å². The number of amidine groups is 1. The molecule has 1 atom stereocenters. The second kappa shape index (κ2) is 12.9. The molecule has 1 aliphatic rings. The topological polar surface area (TPSA) is 84.6 Å². The van der Waals surface area contributed by atoms with Crippen LogP contribution in [0.25, 0.3) is 17.1 Å². The van der Waals surface area contributed by atoms with Gasteiger partial charge in [-0.25, -0.2) is 14.5 Å². The molecule has 8 nitrogen and oxygen atoms in total. The summed E-state index contributed by atoms with van der Waals surface area (Å²) in [5.41, 5.74) is 4.47. The monoisotopic (exact) mass is 608 g/mol. The first-order chi connectivity index (χ1) is 20.6. The molecule has 1 fully saturated rings. The van der Waals surface area contributed by atoms with E-state index < -0.39 is 12.4 Å². The number of nitrogens with zero attached hydrogens (tertiary/aromatic N) is 5. The number of rotatable bonds is 7. The van der Waals surface area contributed by atoms with Crippen molar-refractivity contribution in [3.63, 3.8) is 0 Å². The number of ether oxygens (including phenoxy) is 1. The molecule has 1 aromatic heterocycles. The van der Waals surface area contributed by atoms with Gasteiger partial charge in [-0.1, -0.05) is 68.1 Å². The summed E-state index contributed by atoms with van der Waals surface area (Å²) in [6.07, 6.45) is -2.26. The van der Waals surface area contributed by atoms with Gasteiger partial charge in [0.05, 0.1) is 11.7 Å². The Morgan fingerprint density at radius 1 is 1.02 bits per heavy atom. The first kappa shape index (κ1) is 30.1. The van der Waals surface area contributed by atoms with Crippen LogP contribution in [0.2, 0.25) is 0 Å². The van der Waals surface area contributed by atoms with E-state index in [2.05, 4.69) is 56.0 Å². The number of benzene rings is 3. The minimum Gasteiger partial charge on any atom is -0.406 e. The van der Waals surface area contributed by atoms with Crippen molar-refractivity contribution in [2.45, 2.75) is 45.5 Å². The number of alkyl halides is 3. The summed E-state index contributed by atoms with van der Waals surface area (Å²) in [5.74, 6) is 1.39. The highest BCUT2D eigenvalue weighted by molar-refractivity contribution is 8.14. The molecule has 0 radical (unpaired) electrons. The molecule has 1 unspecified atom stereocenters. The summed E-state index contributed by atoms with van der Waals surface area (Å²) in [4.78, 5) is 23.9. The van der Waals surface area contributed by atoms with E-state index >= 15 is 0 Å². The van der Waals surface area contributed by atoms with Crippen LogP contribution in [-0.2, 0) is 0 Å². The highest BCUT2D eigenvalue weighted by Gasteiger charge is 2.31. The number of para-hydroxylation sites is 1. The van der Waals surface area contributed by atoms with Crippen LogP contribution in [0.5, 0.6) is 5.75 Å². The number of nitrogens with one attached hydrogen (secondary N) is 1. The summed E-state index contributed by atoms with van der Waals surface area (Å²) in [6.45, 7) is 7.02. The van der Waals surface area contributed by atoms with Gasteiger partial charge >= 0.3 is 12.4 Å². The number of aliphatic imine (C=N–C) groups is 1. The zero-order valence-electron chi connectivity index (χ0n) is 23.9. The standard InChI is InChI=1S/C31H31F3N6O2S/c1-20(2)26-7-4-5-8-27(26)39-17-6-18-43-30(39)37-29(41)36-21(3)22-9-11-23(12-10-22)28-35-19-40(38-28)24-13-15-25(16-14-24)42-31(32,33)34/h4-5,7-16,19-21H,6,17-18H2,1-3H3,(H,36,41). The first-order valence-electron chi connectivity index (χ1n) is 13.8. The molecule has 0 saturated carbocycles. The molecule has 224 valence electrons.